The smallest absolute Gasteiger partial charge is 0.0715 e. The first kappa shape index (κ1) is 19.4. The number of hydrogen-bond acceptors (Lipinski definition) is 1. The number of hydrogen-bond donors (Lipinski definition) is 0. The molecule has 0 spiro atoms. The molecule has 0 saturated heterocycles. The van der Waals surface area contributed by atoms with Crippen molar-refractivity contribution in [2.75, 3.05) is 0 Å². The van der Waals surface area contributed by atoms with Crippen LogP contribution in [0.3, 0.4) is 0 Å². The number of allylic oxidation sites excluding steroid dienone is 6. The second-order valence-electron chi connectivity index (χ2n) is 8.04. The van der Waals surface area contributed by atoms with Crippen molar-refractivity contribution < 1.29 is 0 Å². The number of benzene rings is 1. The number of rotatable bonds is 5. The number of fused-ring (bicyclic) bond motifs is 1. The number of nitrogens with zero attached hydrogens (tertiary/aromatic N) is 2. The van der Waals surface area contributed by atoms with Crippen LogP contribution in [-0.2, 0) is 0 Å². The minimum Gasteiger partial charge on any atom is -0.315 e. The lowest BCUT2D eigenvalue weighted by molar-refractivity contribution is 0.865. The first-order valence-electron chi connectivity index (χ1n) is 10.8. The van der Waals surface area contributed by atoms with Gasteiger partial charge in [-0.3, -0.25) is 4.98 Å². The van der Waals surface area contributed by atoms with Gasteiger partial charge >= 0.3 is 0 Å². The quantitative estimate of drug-likeness (QED) is 0.444. The third-order valence-corrected chi connectivity index (χ3v) is 5.89. The van der Waals surface area contributed by atoms with Gasteiger partial charge in [0, 0.05) is 22.8 Å². The topological polar surface area (TPSA) is 17.8 Å². The number of pyridine rings is 1. The normalized spacial score (nSPS) is 14.6. The Morgan fingerprint density at radius 2 is 1.83 bits per heavy atom. The maximum absolute atomic E-state index is 4.92. The highest BCUT2D eigenvalue weighted by Crippen LogP contribution is 2.34. The molecule has 2 aromatic heterocycles. The molecule has 2 nitrogen and oxygen atoms in total. The Morgan fingerprint density at radius 1 is 1.03 bits per heavy atom. The van der Waals surface area contributed by atoms with Gasteiger partial charge in [-0.1, -0.05) is 58.1 Å². The summed E-state index contributed by atoms with van der Waals surface area (Å²) in [5.74, 6) is 0.546. The standard InChI is InChI=1S/C27H30N2/c1-5-20-9-7-8-10-21(6-2)27(20)25-17-23-15-16-29(26(23)18-28-25)24-13-11-22(12-14-24)19(3)4/h7,9-19H,5-6,8H2,1-4H3. The van der Waals surface area contributed by atoms with Crippen molar-refractivity contribution in [2.24, 2.45) is 0 Å². The molecule has 0 amide bonds. The summed E-state index contributed by atoms with van der Waals surface area (Å²) in [4.78, 5) is 4.92. The average Bonchev–Trinajstić information content (AvgIpc) is 3.05. The maximum atomic E-state index is 4.92. The lowest BCUT2D eigenvalue weighted by Gasteiger charge is -2.14. The molecule has 0 unspecified atom stereocenters. The van der Waals surface area contributed by atoms with E-state index in [0.717, 1.165) is 30.5 Å². The Morgan fingerprint density at radius 3 is 2.52 bits per heavy atom. The van der Waals surface area contributed by atoms with Crippen LogP contribution in [0.2, 0.25) is 0 Å². The molecular formula is C27H30N2. The summed E-state index contributed by atoms with van der Waals surface area (Å²) in [5, 5.41) is 1.23. The molecule has 0 aliphatic heterocycles. The zero-order chi connectivity index (χ0) is 20.4. The average molecular weight is 383 g/mol. The Hall–Kier alpha value is -2.87. The third-order valence-electron chi connectivity index (χ3n) is 5.89. The molecule has 1 aliphatic rings. The van der Waals surface area contributed by atoms with Gasteiger partial charge in [0.2, 0.25) is 0 Å². The van der Waals surface area contributed by atoms with Crippen molar-refractivity contribution in [2.45, 2.75) is 52.9 Å². The second-order valence-corrected chi connectivity index (χ2v) is 8.04. The Bertz CT molecular complexity index is 1110. The fourth-order valence-electron chi connectivity index (χ4n) is 4.17. The fourth-order valence-corrected chi connectivity index (χ4v) is 4.17. The van der Waals surface area contributed by atoms with Crippen LogP contribution in [0.5, 0.6) is 0 Å². The largest absolute Gasteiger partial charge is 0.315 e. The zero-order valence-electron chi connectivity index (χ0n) is 17.9. The van der Waals surface area contributed by atoms with Gasteiger partial charge in [-0.05, 0) is 66.2 Å². The van der Waals surface area contributed by atoms with Crippen LogP contribution in [0, 0.1) is 0 Å². The van der Waals surface area contributed by atoms with E-state index >= 15 is 0 Å². The predicted octanol–water partition coefficient (Wildman–Crippen LogP) is 7.61. The van der Waals surface area contributed by atoms with Crippen LogP contribution < -0.4 is 0 Å². The second kappa shape index (κ2) is 8.24. The molecule has 29 heavy (non-hydrogen) atoms. The molecule has 2 heterocycles. The predicted molar refractivity (Wildman–Crippen MR) is 125 cm³/mol. The molecule has 148 valence electrons. The van der Waals surface area contributed by atoms with Gasteiger partial charge in [0.1, 0.15) is 0 Å². The highest BCUT2D eigenvalue weighted by atomic mass is 15.0. The van der Waals surface area contributed by atoms with Crippen molar-refractivity contribution >= 4 is 16.5 Å². The van der Waals surface area contributed by atoms with E-state index in [1.165, 1.54) is 33.4 Å². The van der Waals surface area contributed by atoms with Crippen LogP contribution in [0.15, 0.2) is 78.2 Å². The molecule has 0 saturated carbocycles. The molecule has 0 atom stereocenters. The van der Waals surface area contributed by atoms with Crippen LogP contribution in [-0.4, -0.2) is 9.55 Å². The molecule has 1 aliphatic carbocycles. The van der Waals surface area contributed by atoms with Gasteiger partial charge < -0.3 is 4.57 Å². The minimum absolute atomic E-state index is 0.546. The summed E-state index contributed by atoms with van der Waals surface area (Å²) >= 11 is 0. The van der Waals surface area contributed by atoms with Gasteiger partial charge in [-0.25, -0.2) is 0 Å². The molecular weight excluding hydrogens is 352 g/mol. The van der Waals surface area contributed by atoms with E-state index < -0.39 is 0 Å². The summed E-state index contributed by atoms with van der Waals surface area (Å²) < 4.78 is 2.23. The van der Waals surface area contributed by atoms with Gasteiger partial charge in [0.05, 0.1) is 17.4 Å². The van der Waals surface area contributed by atoms with E-state index in [1.807, 2.05) is 6.20 Å². The first-order valence-corrected chi connectivity index (χ1v) is 10.8. The lowest BCUT2D eigenvalue weighted by atomic mass is 9.93. The Balaban J connectivity index is 1.78. The van der Waals surface area contributed by atoms with Crippen LogP contribution in [0.1, 0.15) is 64.1 Å². The van der Waals surface area contributed by atoms with Gasteiger partial charge in [-0.2, -0.15) is 0 Å². The van der Waals surface area contributed by atoms with Gasteiger partial charge in [0.15, 0.2) is 0 Å². The third kappa shape index (κ3) is 3.72. The van der Waals surface area contributed by atoms with Crippen molar-refractivity contribution in [3.8, 4) is 5.69 Å². The maximum Gasteiger partial charge on any atom is 0.0715 e. The van der Waals surface area contributed by atoms with Crippen molar-refractivity contribution in [1.82, 2.24) is 9.55 Å². The highest BCUT2D eigenvalue weighted by molar-refractivity contribution is 5.88. The molecule has 0 N–H and O–H groups in total. The van der Waals surface area contributed by atoms with E-state index in [4.69, 9.17) is 4.98 Å². The minimum atomic E-state index is 0.546. The summed E-state index contributed by atoms with van der Waals surface area (Å²) in [7, 11) is 0. The molecule has 0 radical (unpaired) electrons. The first-order chi connectivity index (χ1) is 14.1. The van der Waals surface area contributed by atoms with Crippen molar-refractivity contribution in [3.05, 3.63) is 89.4 Å². The molecule has 0 fully saturated rings. The van der Waals surface area contributed by atoms with Crippen molar-refractivity contribution in [3.63, 3.8) is 0 Å². The summed E-state index contributed by atoms with van der Waals surface area (Å²) in [6, 6.07) is 13.3. The zero-order valence-corrected chi connectivity index (χ0v) is 17.9. The SMILES string of the molecule is CCC1=CCC=CC(CC)=C1c1cc2ccn(-c3ccc(C(C)C)cc3)c2cn1. The molecule has 1 aromatic carbocycles. The van der Waals surface area contributed by atoms with E-state index in [1.54, 1.807) is 0 Å². The van der Waals surface area contributed by atoms with E-state index in [-0.39, 0.29) is 0 Å². The Kier molecular flexibility index (Phi) is 5.53. The van der Waals surface area contributed by atoms with E-state index in [2.05, 4.69) is 93.1 Å². The van der Waals surface area contributed by atoms with Gasteiger partial charge in [-0.15, -0.1) is 0 Å². The summed E-state index contributed by atoms with van der Waals surface area (Å²) in [6.07, 6.45) is 14.1. The molecule has 3 aromatic rings. The Labute approximate surface area is 174 Å². The molecule has 2 heteroatoms. The monoisotopic (exact) mass is 382 g/mol. The summed E-state index contributed by atoms with van der Waals surface area (Å²) in [5.41, 5.74) is 8.88. The van der Waals surface area contributed by atoms with E-state index in [9.17, 15) is 0 Å². The fraction of sp³-hybridized carbons (Fsp3) is 0.296. The van der Waals surface area contributed by atoms with Crippen LogP contribution in [0.4, 0.5) is 0 Å². The van der Waals surface area contributed by atoms with Gasteiger partial charge in [0.25, 0.3) is 0 Å². The summed E-state index contributed by atoms with van der Waals surface area (Å²) in [6.45, 7) is 8.92. The number of aromatic nitrogens is 2. The lowest BCUT2D eigenvalue weighted by Crippen LogP contribution is -1.98. The van der Waals surface area contributed by atoms with E-state index in [0.29, 0.717) is 5.92 Å². The molecule has 0 bridgehead atoms. The van der Waals surface area contributed by atoms with Crippen LogP contribution >= 0.6 is 0 Å². The molecule has 4 rings (SSSR count). The van der Waals surface area contributed by atoms with Crippen LogP contribution in [0.25, 0.3) is 22.2 Å². The van der Waals surface area contributed by atoms with Crippen molar-refractivity contribution in [1.29, 1.82) is 0 Å². The highest BCUT2D eigenvalue weighted by Gasteiger charge is 2.15.